The maximum atomic E-state index is 12.6. The summed E-state index contributed by atoms with van der Waals surface area (Å²) < 4.78 is 47.8. The molecule has 6 heteroatoms. The standard InChI is InChI=1S/C14H15F3O3/c1-2-19-12(18)13(9-20-13)7-6-10-4-3-5-11(8-10)14(15,16)17/h3-5,8H,2,6-7,9H2,1H3. The molecular formula is C14H15F3O3. The monoisotopic (exact) mass is 288 g/mol. The Morgan fingerprint density at radius 2 is 2.15 bits per heavy atom. The lowest BCUT2D eigenvalue weighted by Crippen LogP contribution is -2.27. The topological polar surface area (TPSA) is 38.8 Å². The second-order valence-electron chi connectivity index (χ2n) is 4.70. The molecule has 20 heavy (non-hydrogen) atoms. The molecule has 1 saturated heterocycles. The second kappa shape index (κ2) is 5.44. The highest BCUT2D eigenvalue weighted by Crippen LogP contribution is 2.35. The van der Waals surface area contributed by atoms with E-state index in [9.17, 15) is 18.0 Å². The van der Waals surface area contributed by atoms with Crippen LogP contribution in [-0.2, 0) is 26.9 Å². The van der Waals surface area contributed by atoms with Crippen molar-refractivity contribution in [3.63, 3.8) is 0 Å². The van der Waals surface area contributed by atoms with Crippen LogP contribution in [0.3, 0.4) is 0 Å². The summed E-state index contributed by atoms with van der Waals surface area (Å²) in [5, 5.41) is 0. The summed E-state index contributed by atoms with van der Waals surface area (Å²) >= 11 is 0. The first-order chi connectivity index (χ1) is 9.37. The van der Waals surface area contributed by atoms with Gasteiger partial charge in [-0.3, -0.25) is 0 Å². The molecule has 2 rings (SSSR count). The molecule has 1 aliphatic rings. The van der Waals surface area contributed by atoms with Crippen molar-refractivity contribution in [2.75, 3.05) is 13.2 Å². The van der Waals surface area contributed by atoms with Crippen LogP contribution in [-0.4, -0.2) is 24.8 Å². The van der Waals surface area contributed by atoms with Crippen molar-refractivity contribution in [2.45, 2.75) is 31.5 Å². The first-order valence-corrected chi connectivity index (χ1v) is 6.35. The van der Waals surface area contributed by atoms with Gasteiger partial charge in [-0.05, 0) is 31.4 Å². The van der Waals surface area contributed by atoms with E-state index < -0.39 is 23.3 Å². The van der Waals surface area contributed by atoms with Crippen LogP contribution in [0.1, 0.15) is 24.5 Å². The van der Waals surface area contributed by atoms with Gasteiger partial charge in [-0.25, -0.2) is 4.79 Å². The van der Waals surface area contributed by atoms with Gasteiger partial charge in [0.25, 0.3) is 0 Å². The van der Waals surface area contributed by atoms with E-state index in [0.717, 1.165) is 12.1 Å². The summed E-state index contributed by atoms with van der Waals surface area (Å²) in [7, 11) is 0. The Morgan fingerprint density at radius 3 is 2.70 bits per heavy atom. The van der Waals surface area contributed by atoms with Crippen LogP contribution in [0.5, 0.6) is 0 Å². The van der Waals surface area contributed by atoms with Gasteiger partial charge in [0.2, 0.25) is 0 Å². The molecule has 0 N–H and O–H groups in total. The number of rotatable bonds is 5. The quantitative estimate of drug-likeness (QED) is 0.617. The summed E-state index contributed by atoms with van der Waals surface area (Å²) in [4.78, 5) is 11.6. The number of ether oxygens (including phenoxy) is 2. The fraction of sp³-hybridized carbons (Fsp3) is 0.500. The Hall–Kier alpha value is -1.56. The Balaban J connectivity index is 2.00. The number of aryl methyl sites for hydroxylation is 1. The van der Waals surface area contributed by atoms with E-state index in [1.165, 1.54) is 6.07 Å². The Kier molecular flexibility index (Phi) is 4.04. The first-order valence-electron chi connectivity index (χ1n) is 6.35. The minimum atomic E-state index is -4.36. The number of hydrogen-bond acceptors (Lipinski definition) is 3. The molecule has 1 atom stereocenters. The number of carbonyl (C=O) groups is 1. The maximum absolute atomic E-state index is 12.6. The van der Waals surface area contributed by atoms with Gasteiger partial charge in [-0.2, -0.15) is 13.2 Å². The third kappa shape index (κ3) is 3.30. The normalized spacial score (nSPS) is 21.6. The van der Waals surface area contributed by atoms with Crippen molar-refractivity contribution < 1.29 is 27.4 Å². The van der Waals surface area contributed by atoms with Crippen molar-refractivity contribution in [2.24, 2.45) is 0 Å². The summed E-state index contributed by atoms with van der Waals surface area (Å²) in [6.07, 6.45) is -3.69. The summed E-state index contributed by atoms with van der Waals surface area (Å²) in [5.41, 5.74) is -1.11. The summed E-state index contributed by atoms with van der Waals surface area (Å²) in [6, 6.07) is 5.10. The fourth-order valence-corrected chi connectivity index (χ4v) is 1.96. The highest BCUT2D eigenvalue weighted by molar-refractivity contribution is 5.82. The van der Waals surface area contributed by atoms with Crippen LogP contribution in [0.25, 0.3) is 0 Å². The lowest BCUT2D eigenvalue weighted by Gasteiger charge is -2.12. The number of carbonyl (C=O) groups excluding carboxylic acids is 1. The zero-order valence-electron chi connectivity index (χ0n) is 11.0. The zero-order chi connectivity index (χ0) is 14.8. The minimum Gasteiger partial charge on any atom is -0.464 e. The second-order valence-corrected chi connectivity index (χ2v) is 4.70. The molecule has 1 fully saturated rings. The van der Waals surface area contributed by atoms with Crippen LogP contribution in [0.15, 0.2) is 24.3 Å². The van der Waals surface area contributed by atoms with Gasteiger partial charge >= 0.3 is 12.1 Å². The van der Waals surface area contributed by atoms with Gasteiger partial charge in [-0.15, -0.1) is 0 Å². The number of epoxide rings is 1. The van der Waals surface area contributed by atoms with Crippen molar-refractivity contribution >= 4 is 5.97 Å². The average molecular weight is 288 g/mol. The minimum absolute atomic E-state index is 0.257. The first kappa shape index (κ1) is 14.8. The van der Waals surface area contributed by atoms with Gasteiger partial charge < -0.3 is 9.47 Å². The summed E-state index contributed by atoms with van der Waals surface area (Å²) in [5.74, 6) is -0.438. The van der Waals surface area contributed by atoms with E-state index in [-0.39, 0.29) is 13.2 Å². The van der Waals surface area contributed by atoms with Crippen LogP contribution in [0.2, 0.25) is 0 Å². The molecule has 1 heterocycles. The Labute approximate surface area is 114 Å². The Bertz CT molecular complexity index is 493. The van der Waals surface area contributed by atoms with E-state index >= 15 is 0 Å². The molecule has 110 valence electrons. The molecule has 1 aromatic rings. The predicted molar refractivity (Wildman–Crippen MR) is 65.1 cm³/mol. The molecular weight excluding hydrogens is 273 g/mol. The van der Waals surface area contributed by atoms with E-state index in [2.05, 4.69) is 0 Å². The van der Waals surface area contributed by atoms with E-state index in [0.29, 0.717) is 18.4 Å². The van der Waals surface area contributed by atoms with Crippen molar-refractivity contribution in [3.8, 4) is 0 Å². The predicted octanol–water partition coefficient (Wildman–Crippen LogP) is 2.97. The molecule has 0 bridgehead atoms. The van der Waals surface area contributed by atoms with Crippen LogP contribution in [0, 0.1) is 0 Å². The van der Waals surface area contributed by atoms with Gasteiger partial charge in [0.15, 0.2) is 5.60 Å². The van der Waals surface area contributed by atoms with E-state index in [4.69, 9.17) is 9.47 Å². The van der Waals surface area contributed by atoms with Gasteiger partial charge in [0, 0.05) is 0 Å². The molecule has 0 aliphatic carbocycles. The third-order valence-electron chi connectivity index (χ3n) is 3.21. The fourth-order valence-electron chi connectivity index (χ4n) is 1.96. The van der Waals surface area contributed by atoms with Crippen molar-refractivity contribution in [1.82, 2.24) is 0 Å². The van der Waals surface area contributed by atoms with Crippen LogP contribution < -0.4 is 0 Å². The highest BCUT2D eigenvalue weighted by Gasteiger charge is 2.53. The van der Waals surface area contributed by atoms with Crippen LogP contribution in [0.4, 0.5) is 13.2 Å². The largest absolute Gasteiger partial charge is 0.464 e. The van der Waals surface area contributed by atoms with E-state index in [1.807, 2.05) is 0 Å². The Morgan fingerprint density at radius 1 is 1.45 bits per heavy atom. The lowest BCUT2D eigenvalue weighted by atomic mass is 9.99. The number of benzene rings is 1. The van der Waals surface area contributed by atoms with Gasteiger partial charge in [0.05, 0.1) is 18.8 Å². The molecule has 3 nitrogen and oxygen atoms in total. The van der Waals surface area contributed by atoms with Gasteiger partial charge in [0.1, 0.15) is 0 Å². The highest BCUT2D eigenvalue weighted by atomic mass is 19.4. The number of alkyl halides is 3. The van der Waals surface area contributed by atoms with Crippen LogP contribution >= 0.6 is 0 Å². The molecule has 1 aliphatic heterocycles. The number of hydrogen-bond donors (Lipinski definition) is 0. The molecule has 1 aromatic carbocycles. The zero-order valence-corrected chi connectivity index (χ0v) is 11.0. The molecule has 0 amide bonds. The molecule has 0 radical (unpaired) electrons. The smallest absolute Gasteiger partial charge is 0.416 e. The number of esters is 1. The van der Waals surface area contributed by atoms with E-state index in [1.54, 1.807) is 13.0 Å². The molecule has 0 saturated carbocycles. The molecule has 0 spiro atoms. The van der Waals surface area contributed by atoms with Crippen molar-refractivity contribution in [1.29, 1.82) is 0 Å². The summed E-state index contributed by atoms with van der Waals surface area (Å²) in [6.45, 7) is 2.22. The third-order valence-corrected chi connectivity index (χ3v) is 3.21. The molecule has 1 unspecified atom stereocenters. The SMILES string of the molecule is CCOC(=O)C1(CCc2cccc(C(F)(F)F)c2)CO1. The van der Waals surface area contributed by atoms with Gasteiger partial charge in [-0.1, -0.05) is 18.2 Å². The maximum Gasteiger partial charge on any atom is 0.416 e. The van der Waals surface area contributed by atoms with Crippen molar-refractivity contribution in [3.05, 3.63) is 35.4 Å². The number of halogens is 3. The average Bonchev–Trinajstić information content (AvgIpc) is 3.17. The molecule has 0 aromatic heterocycles. The lowest BCUT2D eigenvalue weighted by molar-refractivity contribution is -0.149.